The van der Waals surface area contributed by atoms with E-state index < -0.39 is 10.1 Å². The van der Waals surface area contributed by atoms with Gasteiger partial charge in [-0.05, 0) is 17.7 Å². The summed E-state index contributed by atoms with van der Waals surface area (Å²) < 4.78 is 30.1. The molecule has 0 aliphatic carbocycles. The molecule has 0 aromatic heterocycles. The maximum atomic E-state index is 10.4. The highest BCUT2D eigenvalue weighted by atomic mass is 79.9. The Morgan fingerprint density at radius 3 is 2.47 bits per heavy atom. The van der Waals surface area contributed by atoms with Gasteiger partial charge < -0.3 is 0 Å². The molecule has 0 spiro atoms. The second-order valence-corrected chi connectivity index (χ2v) is 5.36. The monoisotopic (exact) mass is 291 g/mol. The van der Waals surface area contributed by atoms with E-state index in [1.54, 1.807) is 6.21 Å². The number of benzene rings is 1. The molecule has 0 atom stereocenters. The van der Waals surface area contributed by atoms with Crippen LogP contribution in [0.2, 0.25) is 0 Å². The van der Waals surface area contributed by atoms with Gasteiger partial charge in [-0.25, -0.2) is 0 Å². The molecule has 0 unspecified atom stereocenters. The third-order valence-corrected chi connectivity index (χ3v) is 2.82. The van der Waals surface area contributed by atoms with Crippen LogP contribution in [-0.2, 0) is 10.1 Å². The molecule has 0 bridgehead atoms. The number of aliphatic imine (C=N–C) groups is 1. The fourth-order valence-corrected chi connectivity index (χ4v) is 1.49. The summed E-state index contributed by atoms with van der Waals surface area (Å²) in [5.74, 6) is -0.347. The average Bonchev–Trinajstić information content (AvgIpc) is 2.14. The van der Waals surface area contributed by atoms with Crippen molar-refractivity contribution in [3.05, 3.63) is 34.3 Å². The summed E-state index contributed by atoms with van der Waals surface area (Å²) in [6.07, 6.45) is 1.57. The summed E-state index contributed by atoms with van der Waals surface area (Å²) in [4.78, 5) is 3.88. The summed E-state index contributed by atoms with van der Waals surface area (Å²) in [5, 5.41) is 0. The van der Waals surface area contributed by atoms with Crippen LogP contribution in [0.3, 0.4) is 0 Å². The van der Waals surface area contributed by atoms with Crippen LogP contribution in [-0.4, -0.2) is 31.5 Å². The van der Waals surface area contributed by atoms with Crippen molar-refractivity contribution in [3.8, 4) is 0 Å². The molecule has 0 amide bonds. The lowest BCUT2D eigenvalue weighted by Gasteiger charge is -1.94. The minimum atomic E-state index is -3.91. The Hall–Kier alpha value is -0.720. The van der Waals surface area contributed by atoms with Crippen molar-refractivity contribution in [3.63, 3.8) is 0 Å². The van der Waals surface area contributed by atoms with Crippen molar-refractivity contribution in [2.45, 2.75) is 0 Å². The number of nitrogens with zero attached hydrogens (tertiary/aromatic N) is 1. The van der Waals surface area contributed by atoms with Crippen molar-refractivity contribution < 1.29 is 13.0 Å². The maximum absolute atomic E-state index is 10.4. The molecule has 0 saturated carbocycles. The fourth-order valence-electron chi connectivity index (χ4n) is 0.887. The van der Waals surface area contributed by atoms with Crippen molar-refractivity contribution >= 4 is 32.3 Å². The maximum Gasteiger partial charge on any atom is 0.266 e. The highest BCUT2D eigenvalue weighted by molar-refractivity contribution is 9.10. The van der Waals surface area contributed by atoms with Gasteiger partial charge in [0.25, 0.3) is 10.1 Å². The van der Waals surface area contributed by atoms with Crippen LogP contribution in [0.15, 0.2) is 33.7 Å². The van der Waals surface area contributed by atoms with Crippen LogP contribution in [0.25, 0.3) is 0 Å². The molecule has 0 radical (unpaired) electrons. The highest BCUT2D eigenvalue weighted by Crippen LogP contribution is 2.08. The first-order valence-corrected chi connectivity index (χ1v) is 6.58. The SMILES string of the molecule is O=S(=O)(O)CCN=Cc1ccc(Br)cc1. The van der Waals surface area contributed by atoms with Crippen molar-refractivity contribution in [1.82, 2.24) is 0 Å². The molecular formula is C9H10BrNO3S. The van der Waals surface area contributed by atoms with Gasteiger partial charge in [-0.15, -0.1) is 0 Å². The number of halogens is 1. The van der Waals surface area contributed by atoms with E-state index in [4.69, 9.17) is 4.55 Å². The lowest BCUT2D eigenvalue weighted by Crippen LogP contribution is -2.06. The second kappa shape index (κ2) is 5.39. The molecule has 0 aliphatic rings. The smallest absolute Gasteiger partial charge is 0.266 e. The van der Waals surface area contributed by atoms with Crippen LogP contribution in [0.4, 0.5) is 0 Å². The van der Waals surface area contributed by atoms with E-state index in [1.807, 2.05) is 24.3 Å². The Morgan fingerprint density at radius 2 is 1.93 bits per heavy atom. The van der Waals surface area contributed by atoms with Crippen molar-refractivity contribution in [2.24, 2.45) is 4.99 Å². The number of hydrogen-bond donors (Lipinski definition) is 1. The van der Waals surface area contributed by atoms with Gasteiger partial charge in [0.1, 0.15) is 0 Å². The predicted octanol–water partition coefficient (Wildman–Crippen LogP) is 1.76. The van der Waals surface area contributed by atoms with E-state index in [2.05, 4.69) is 20.9 Å². The van der Waals surface area contributed by atoms with E-state index in [0.29, 0.717) is 0 Å². The van der Waals surface area contributed by atoms with Crippen molar-refractivity contribution in [1.29, 1.82) is 0 Å². The fraction of sp³-hybridized carbons (Fsp3) is 0.222. The van der Waals surface area contributed by atoms with E-state index in [9.17, 15) is 8.42 Å². The summed E-state index contributed by atoms with van der Waals surface area (Å²) in [6.45, 7) is 0.0644. The predicted molar refractivity (Wildman–Crippen MR) is 63.0 cm³/mol. The van der Waals surface area contributed by atoms with E-state index >= 15 is 0 Å². The Labute approximate surface area is 96.9 Å². The lowest BCUT2D eigenvalue weighted by molar-refractivity contribution is 0.483. The topological polar surface area (TPSA) is 66.7 Å². The summed E-state index contributed by atoms with van der Waals surface area (Å²) >= 11 is 3.30. The Balaban J connectivity index is 2.48. The van der Waals surface area contributed by atoms with Crippen LogP contribution >= 0.6 is 15.9 Å². The van der Waals surface area contributed by atoms with Gasteiger partial charge in [-0.3, -0.25) is 9.55 Å². The first-order chi connectivity index (χ1) is 6.97. The third kappa shape index (κ3) is 5.66. The third-order valence-electron chi connectivity index (χ3n) is 1.59. The Morgan fingerprint density at radius 1 is 1.33 bits per heavy atom. The molecule has 1 aromatic rings. The quantitative estimate of drug-likeness (QED) is 0.679. The second-order valence-electron chi connectivity index (χ2n) is 2.87. The largest absolute Gasteiger partial charge is 0.291 e. The molecule has 1 N–H and O–H groups in total. The van der Waals surface area contributed by atoms with Gasteiger partial charge in [0.15, 0.2) is 0 Å². The first-order valence-electron chi connectivity index (χ1n) is 4.18. The molecular weight excluding hydrogens is 282 g/mol. The first kappa shape index (κ1) is 12.4. The zero-order valence-electron chi connectivity index (χ0n) is 7.80. The molecule has 0 aliphatic heterocycles. The normalized spacial score (nSPS) is 12.1. The van der Waals surface area contributed by atoms with E-state index in [-0.39, 0.29) is 12.3 Å². The van der Waals surface area contributed by atoms with Crippen LogP contribution in [0.1, 0.15) is 5.56 Å². The summed E-state index contributed by atoms with van der Waals surface area (Å²) in [6, 6.07) is 7.43. The van der Waals surface area contributed by atoms with Gasteiger partial charge in [0.2, 0.25) is 0 Å². The number of rotatable bonds is 4. The Kier molecular flexibility index (Phi) is 4.44. The van der Waals surface area contributed by atoms with Crippen molar-refractivity contribution in [2.75, 3.05) is 12.3 Å². The minimum Gasteiger partial charge on any atom is -0.291 e. The van der Waals surface area contributed by atoms with Gasteiger partial charge in [-0.1, -0.05) is 28.1 Å². The Bertz CT molecular complexity index is 439. The molecule has 82 valence electrons. The lowest BCUT2D eigenvalue weighted by atomic mass is 10.2. The molecule has 0 fully saturated rings. The number of hydrogen-bond acceptors (Lipinski definition) is 3. The van der Waals surface area contributed by atoms with Crippen LogP contribution in [0, 0.1) is 0 Å². The summed E-state index contributed by atoms with van der Waals surface area (Å²) in [7, 11) is -3.91. The van der Waals surface area contributed by atoms with Gasteiger partial charge in [-0.2, -0.15) is 8.42 Å². The molecule has 0 heterocycles. The zero-order valence-corrected chi connectivity index (χ0v) is 10.2. The average molecular weight is 292 g/mol. The molecule has 15 heavy (non-hydrogen) atoms. The van der Waals surface area contributed by atoms with E-state index in [0.717, 1.165) is 10.0 Å². The highest BCUT2D eigenvalue weighted by Gasteiger charge is 2.01. The van der Waals surface area contributed by atoms with E-state index in [1.165, 1.54) is 0 Å². The standard InChI is InChI=1S/C9H10BrNO3S/c10-9-3-1-8(2-4-9)7-11-5-6-15(12,13)14/h1-4,7H,5-6H2,(H,12,13,14). The van der Waals surface area contributed by atoms with Gasteiger partial charge in [0.05, 0.1) is 12.3 Å². The molecule has 4 nitrogen and oxygen atoms in total. The molecule has 1 aromatic carbocycles. The zero-order chi connectivity index (χ0) is 11.3. The van der Waals surface area contributed by atoms with Gasteiger partial charge in [0, 0.05) is 10.7 Å². The molecule has 1 rings (SSSR count). The van der Waals surface area contributed by atoms with Gasteiger partial charge >= 0.3 is 0 Å². The molecule has 6 heteroatoms. The van der Waals surface area contributed by atoms with Crippen LogP contribution in [0.5, 0.6) is 0 Å². The van der Waals surface area contributed by atoms with Crippen LogP contribution < -0.4 is 0 Å². The molecule has 0 saturated heterocycles. The minimum absolute atomic E-state index is 0.0644. The summed E-state index contributed by atoms with van der Waals surface area (Å²) in [5.41, 5.74) is 0.883.